The molecule has 1 aromatic carbocycles. The summed E-state index contributed by atoms with van der Waals surface area (Å²) >= 11 is 0. The lowest BCUT2D eigenvalue weighted by atomic mass is 10.1. The zero-order chi connectivity index (χ0) is 16.2. The van der Waals surface area contributed by atoms with Crippen LogP contribution >= 0.6 is 0 Å². The molecule has 0 bridgehead atoms. The van der Waals surface area contributed by atoms with E-state index in [0.717, 1.165) is 17.1 Å². The number of benzene rings is 1. The minimum absolute atomic E-state index is 0.540. The van der Waals surface area contributed by atoms with E-state index in [1.165, 1.54) is 13.8 Å². The van der Waals surface area contributed by atoms with Gasteiger partial charge in [0.25, 0.3) is 0 Å². The molecule has 2 N–H and O–H groups in total. The maximum absolute atomic E-state index is 11.0. The largest absolute Gasteiger partial charge is 0.478 e. The van der Waals surface area contributed by atoms with Crippen molar-refractivity contribution >= 4 is 5.97 Å². The van der Waals surface area contributed by atoms with Crippen molar-refractivity contribution in [3.05, 3.63) is 53.5 Å². The molecular weight excluding hydrogens is 282 g/mol. The highest BCUT2D eigenvalue weighted by atomic mass is 16.5. The minimum Gasteiger partial charge on any atom is -0.478 e. The average molecular weight is 303 g/mol. The quantitative estimate of drug-likeness (QED) is 0.822. The molecule has 2 aromatic rings. The summed E-state index contributed by atoms with van der Waals surface area (Å²) in [5.74, 6) is 1.35. The Morgan fingerprint density at radius 2 is 1.86 bits per heavy atom. The Kier molecular flexibility index (Phi) is 4.88. The van der Waals surface area contributed by atoms with Crippen LogP contribution in [0.4, 0.5) is 0 Å². The van der Waals surface area contributed by atoms with Crippen molar-refractivity contribution in [3.63, 3.8) is 0 Å². The van der Waals surface area contributed by atoms with Crippen LogP contribution in [0.3, 0.4) is 0 Å². The first-order valence-corrected chi connectivity index (χ1v) is 7.14. The number of rotatable bonds is 7. The average Bonchev–Trinajstić information content (AvgIpc) is 2.86. The van der Waals surface area contributed by atoms with Gasteiger partial charge in [-0.2, -0.15) is 0 Å². The second-order valence-electron chi connectivity index (χ2n) is 5.68. The normalized spacial score (nSPS) is 11.4. The molecule has 0 amide bonds. The number of carbonyl (C=O) groups is 1. The Hall–Kier alpha value is -2.27. The summed E-state index contributed by atoms with van der Waals surface area (Å²) in [4.78, 5) is 11.0. The molecule has 2 rings (SSSR count). The van der Waals surface area contributed by atoms with E-state index < -0.39 is 11.6 Å². The Balaban J connectivity index is 1.85. The third-order valence-electron chi connectivity index (χ3n) is 3.24. The molecule has 0 spiro atoms. The number of hydrogen-bond acceptors (Lipinski definition) is 4. The van der Waals surface area contributed by atoms with Gasteiger partial charge in [-0.25, -0.2) is 4.79 Å². The van der Waals surface area contributed by atoms with Crippen LogP contribution in [0.15, 0.2) is 40.8 Å². The van der Waals surface area contributed by atoms with Crippen molar-refractivity contribution in [1.82, 2.24) is 5.32 Å². The standard InChI is InChI=1S/C17H21NO4/c1-12-4-7-15(21-12)11-18-10-13-5-8-14(9-6-13)22-17(2,3)16(19)20/h4-9,18H,10-11H2,1-3H3,(H,19,20). The van der Waals surface area contributed by atoms with Crippen LogP contribution in [0.25, 0.3) is 0 Å². The molecule has 0 aliphatic carbocycles. The summed E-state index contributed by atoms with van der Waals surface area (Å²) in [7, 11) is 0. The van der Waals surface area contributed by atoms with Crippen LogP contribution in [0.1, 0.15) is 30.9 Å². The predicted molar refractivity (Wildman–Crippen MR) is 82.8 cm³/mol. The second-order valence-corrected chi connectivity index (χ2v) is 5.68. The summed E-state index contributed by atoms with van der Waals surface area (Å²) < 4.78 is 10.9. The van der Waals surface area contributed by atoms with Crippen molar-refractivity contribution in [2.75, 3.05) is 0 Å². The van der Waals surface area contributed by atoms with Gasteiger partial charge in [-0.15, -0.1) is 0 Å². The predicted octanol–water partition coefficient (Wildman–Crippen LogP) is 3.12. The van der Waals surface area contributed by atoms with E-state index in [1.807, 2.05) is 31.2 Å². The smallest absolute Gasteiger partial charge is 0.347 e. The topological polar surface area (TPSA) is 71.7 Å². The van der Waals surface area contributed by atoms with E-state index in [0.29, 0.717) is 18.8 Å². The number of aliphatic carboxylic acids is 1. The van der Waals surface area contributed by atoms with Crippen LogP contribution in [0.2, 0.25) is 0 Å². The molecule has 22 heavy (non-hydrogen) atoms. The fourth-order valence-corrected chi connectivity index (χ4v) is 1.92. The zero-order valence-electron chi connectivity index (χ0n) is 13.1. The molecule has 1 aromatic heterocycles. The molecule has 118 valence electrons. The molecule has 0 aliphatic rings. The third-order valence-corrected chi connectivity index (χ3v) is 3.24. The van der Waals surface area contributed by atoms with Crippen LogP contribution in [0, 0.1) is 6.92 Å². The van der Waals surface area contributed by atoms with Gasteiger partial charge in [0.1, 0.15) is 17.3 Å². The summed E-state index contributed by atoms with van der Waals surface area (Å²) in [6, 6.07) is 11.3. The van der Waals surface area contributed by atoms with Gasteiger partial charge in [-0.1, -0.05) is 12.1 Å². The number of furan rings is 1. The van der Waals surface area contributed by atoms with Crippen LogP contribution in [0.5, 0.6) is 5.75 Å². The summed E-state index contributed by atoms with van der Waals surface area (Å²) in [6.07, 6.45) is 0. The fourth-order valence-electron chi connectivity index (χ4n) is 1.92. The van der Waals surface area contributed by atoms with Gasteiger partial charge < -0.3 is 19.6 Å². The lowest BCUT2D eigenvalue weighted by molar-refractivity contribution is -0.152. The molecule has 1 heterocycles. The van der Waals surface area contributed by atoms with E-state index in [1.54, 1.807) is 12.1 Å². The number of ether oxygens (including phenoxy) is 1. The Morgan fingerprint density at radius 1 is 1.18 bits per heavy atom. The second kappa shape index (κ2) is 6.66. The Bertz CT molecular complexity index is 628. The molecule has 0 atom stereocenters. The highest BCUT2D eigenvalue weighted by molar-refractivity contribution is 5.76. The van der Waals surface area contributed by atoms with Crippen molar-refractivity contribution in [2.45, 2.75) is 39.5 Å². The molecule has 5 nitrogen and oxygen atoms in total. The Labute approximate surface area is 129 Å². The number of carboxylic acid groups (broad SMARTS) is 1. The van der Waals surface area contributed by atoms with Crippen molar-refractivity contribution in [3.8, 4) is 5.75 Å². The fraction of sp³-hybridized carbons (Fsp3) is 0.353. The van der Waals surface area contributed by atoms with E-state index in [9.17, 15) is 4.79 Å². The van der Waals surface area contributed by atoms with E-state index in [-0.39, 0.29) is 0 Å². The van der Waals surface area contributed by atoms with Crippen molar-refractivity contribution in [2.24, 2.45) is 0 Å². The highest BCUT2D eigenvalue weighted by Crippen LogP contribution is 2.19. The maximum Gasteiger partial charge on any atom is 0.347 e. The van der Waals surface area contributed by atoms with E-state index >= 15 is 0 Å². The molecule has 5 heteroatoms. The van der Waals surface area contributed by atoms with Gasteiger partial charge in [0.2, 0.25) is 0 Å². The van der Waals surface area contributed by atoms with Gasteiger partial charge >= 0.3 is 5.97 Å². The monoisotopic (exact) mass is 303 g/mol. The molecular formula is C17H21NO4. The van der Waals surface area contributed by atoms with Crippen LogP contribution < -0.4 is 10.1 Å². The summed E-state index contributed by atoms with van der Waals surface area (Å²) in [6.45, 7) is 6.33. The van der Waals surface area contributed by atoms with E-state index in [2.05, 4.69) is 5.32 Å². The SMILES string of the molecule is Cc1ccc(CNCc2ccc(OC(C)(C)C(=O)O)cc2)o1. The molecule has 0 unspecified atom stereocenters. The van der Waals surface area contributed by atoms with Crippen molar-refractivity contribution in [1.29, 1.82) is 0 Å². The number of aryl methyl sites for hydroxylation is 1. The first-order valence-electron chi connectivity index (χ1n) is 7.14. The molecule has 0 aliphatic heterocycles. The van der Waals surface area contributed by atoms with Gasteiger partial charge in [-0.3, -0.25) is 0 Å². The highest BCUT2D eigenvalue weighted by Gasteiger charge is 2.29. The summed E-state index contributed by atoms with van der Waals surface area (Å²) in [5.41, 5.74) is -0.152. The van der Waals surface area contributed by atoms with Gasteiger partial charge in [0.15, 0.2) is 5.60 Å². The molecule has 0 saturated carbocycles. The first kappa shape index (κ1) is 16.1. The van der Waals surface area contributed by atoms with Crippen LogP contribution in [-0.4, -0.2) is 16.7 Å². The third kappa shape index (κ3) is 4.36. The van der Waals surface area contributed by atoms with Crippen molar-refractivity contribution < 1.29 is 19.1 Å². The molecule has 0 radical (unpaired) electrons. The van der Waals surface area contributed by atoms with E-state index in [4.69, 9.17) is 14.3 Å². The number of hydrogen-bond donors (Lipinski definition) is 2. The lowest BCUT2D eigenvalue weighted by Gasteiger charge is -2.21. The number of nitrogens with one attached hydrogen (secondary N) is 1. The van der Waals surface area contributed by atoms with Gasteiger partial charge in [0.05, 0.1) is 6.54 Å². The van der Waals surface area contributed by atoms with Gasteiger partial charge in [0, 0.05) is 6.54 Å². The number of carboxylic acids is 1. The lowest BCUT2D eigenvalue weighted by Crippen LogP contribution is -2.37. The summed E-state index contributed by atoms with van der Waals surface area (Å²) in [5, 5.41) is 12.3. The van der Waals surface area contributed by atoms with Crippen LogP contribution in [-0.2, 0) is 17.9 Å². The maximum atomic E-state index is 11.0. The first-order chi connectivity index (χ1) is 10.4. The minimum atomic E-state index is -1.24. The van der Waals surface area contributed by atoms with Gasteiger partial charge in [-0.05, 0) is 50.6 Å². The molecule has 0 fully saturated rings. The molecule has 0 saturated heterocycles. The zero-order valence-corrected chi connectivity index (χ0v) is 13.1. The Morgan fingerprint density at radius 3 is 2.41 bits per heavy atom.